The van der Waals surface area contributed by atoms with Crippen molar-refractivity contribution >= 4 is 24.6 Å². The molecular formula is C24H29N7O2Si. The molecule has 0 bridgehead atoms. The van der Waals surface area contributed by atoms with Crippen molar-refractivity contribution in [3.8, 4) is 11.3 Å². The molecule has 1 aromatic carbocycles. The lowest BCUT2D eigenvalue weighted by atomic mass is 10.1. The number of aromatic nitrogens is 7. The summed E-state index contributed by atoms with van der Waals surface area (Å²) in [6.07, 6.45) is 6.41. The van der Waals surface area contributed by atoms with Gasteiger partial charge in [-0.25, -0.2) is 14.2 Å². The molecule has 34 heavy (non-hydrogen) atoms. The van der Waals surface area contributed by atoms with Crippen LogP contribution in [0, 0.1) is 0 Å². The van der Waals surface area contributed by atoms with Crippen LogP contribution in [-0.2, 0) is 18.5 Å². The lowest BCUT2D eigenvalue weighted by molar-refractivity contribution is 0.0791. The van der Waals surface area contributed by atoms with E-state index in [0.717, 1.165) is 40.4 Å². The Morgan fingerprint density at radius 1 is 1.06 bits per heavy atom. The number of ether oxygens (including phenoxy) is 1. The third-order valence-corrected chi connectivity index (χ3v) is 7.49. The van der Waals surface area contributed by atoms with E-state index in [2.05, 4.69) is 34.8 Å². The maximum absolute atomic E-state index is 11.2. The van der Waals surface area contributed by atoms with E-state index in [1.807, 2.05) is 49.8 Å². The first kappa shape index (κ1) is 22.4. The van der Waals surface area contributed by atoms with E-state index >= 15 is 0 Å². The molecule has 10 heteroatoms. The highest BCUT2D eigenvalue weighted by Crippen LogP contribution is 2.26. The standard InChI is InChI=1S/C24H29N7O2Si/c1-29-14-19(12-26-29)21-7-8-23-25-13-22(31(23)28-21)24(32)17-5-6-20-18(11-17)15-30(27-20)16-33-9-10-34(2,3)4/h5-8,11-15,24,32H,9-10,16H2,1-4H3. The SMILES string of the molecule is Cn1cc(-c2ccc3ncc(C(O)c4ccc5nn(COCC[Si](C)(C)C)cc5c4)n3n2)cn1. The van der Waals surface area contributed by atoms with Crippen molar-refractivity contribution in [1.29, 1.82) is 0 Å². The smallest absolute Gasteiger partial charge is 0.153 e. The second-order valence-electron chi connectivity index (χ2n) is 9.81. The first-order chi connectivity index (χ1) is 16.3. The molecule has 9 nitrogen and oxygen atoms in total. The maximum atomic E-state index is 11.2. The molecule has 0 aliphatic heterocycles. The molecule has 0 saturated carbocycles. The number of hydrogen-bond donors (Lipinski definition) is 1. The van der Waals surface area contributed by atoms with E-state index in [0.29, 0.717) is 18.1 Å². The Balaban J connectivity index is 1.38. The molecule has 0 fully saturated rings. The molecule has 5 aromatic rings. The fourth-order valence-corrected chi connectivity index (χ4v) is 4.58. The van der Waals surface area contributed by atoms with Gasteiger partial charge in [0.05, 0.1) is 29.3 Å². The van der Waals surface area contributed by atoms with Crippen LogP contribution in [0.5, 0.6) is 0 Å². The third kappa shape index (κ3) is 4.65. The summed E-state index contributed by atoms with van der Waals surface area (Å²) in [5.41, 5.74) is 4.55. The Labute approximate surface area is 198 Å². The number of rotatable bonds is 8. The molecule has 0 spiro atoms. The van der Waals surface area contributed by atoms with Crippen molar-refractivity contribution in [1.82, 2.24) is 34.2 Å². The Morgan fingerprint density at radius 3 is 2.68 bits per heavy atom. The van der Waals surface area contributed by atoms with Gasteiger partial charge in [-0.2, -0.15) is 15.3 Å². The van der Waals surface area contributed by atoms with Gasteiger partial charge in [0.2, 0.25) is 0 Å². The second kappa shape index (κ2) is 8.78. The molecule has 176 valence electrons. The number of hydrogen-bond acceptors (Lipinski definition) is 6. The quantitative estimate of drug-likeness (QED) is 0.270. The third-order valence-electron chi connectivity index (χ3n) is 5.78. The van der Waals surface area contributed by atoms with Gasteiger partial charge >= 0.3 is 0 Å². The second-order valence-corrected chi connectivity index (χ2v) is 15.4. The van der Waals surface area contributed by atoms with Gasteiger partial charge in [-0.05, 0) is 35.9 Å². The number of imidazole rings is 1. The van der Waals surface area contributed by atoms with Gasteiger partial charge in [0, 0.05) is 45.1 Å². The Bertz CT molecular complexity index is 1450. The summed E-state index contributed by atoms with van der Waals surface area (Å²) in [6, 6.07) is 10.7. The summed E-state index contributed by atoms with van der Waals surface area (Å²) in [5, 5.41) is 25.7. The molecule has 1 N–H and O–H groups in total. The number of aliphatic hydroxyl groups excluding tert-OH is 1. The average molecular weight is 476 g/mol. The van der Waals surface area contributed by atoms with Gasteiger partial charge in [-0.1, -0.05) is 25.7 Å². The molecule has 0 radical (unpaired) electrons. The summed E-state index contributed by atoms with van der Waals surface area (Å²) >= 11 is 0. The van der Waals surface area contributed by atoms with E-state index in [1.54, 1.807) is 26.3 Å². The molecule has 4 heterocycles. The van der Waals surface area contributed by atoms with Crippen molar-refractivity contribution in [2.24, 2.45) is 7.05 Å². The van der Waals surface area contributed by atoms with Crippen LogP contribution in [0.4, 0.5) is 0 Å². The minimum atomic E-state index is -1.11. The van der Waals surface area contributed by atoms with E-state index in [1.165, 1.54) is 0 Å². The van der Waals surface area contributed by atoms with Crippen LogP contribution in [-0.4, -0.2) is 53.9 Å². The van der Waals surface area contributed by atoms with Crippen LogP contribution in [0.15, 0.2) is 55.1 Å². The van der Waals surface area contributed by atoms with Crippen LogP contribution >= 0.6 is 0 Å². The average Bonchev–Trinajstić information content (AvgIpc) is 3.52. The number of nitrogens with zero attached hydrogens (tertiary/aromatic N) is 7. The zero-order chi connectivity index (χ0) is 23.9. The first-order valence-corrected chi connectivity index (χ1v) is 15.0. The number of benzene rings is 1. The fourth-order valence-electron chi connectivity index (χ4n) is 3.82. The summed E-state index contributed by atoms with van der Waals surface area (Å²) in [5.74, 6) is 0. The summed E-state index contributed by atoms with van der Waals surface area (Å²) in [6.45, 7) is 8.18. The van der Waals surface area contributed by atoms with Crippen LogP contribution in [0.3, 0.4) is 0 Å². The predicted octanol–water partition coefficient (Wildman–Crippen LogP) is 3.87. The minimum Gasteiger partial charge on any atom is -0.382 e. The molecule has 1 atom stereocenters. The molecule has 0 aliphatic carbocycles. The van der Waals surface area contributed by atoms with Gasteiger partial charge in [0.15, 0.2) is 5.65 Å². The predicted molar refractivity (Wildman–Crippen MR) is 133 cm³/mol. The minimum absolute atomic E-state index is 0.422. The monoisotopic (exact) mass is 475 g/mol. The molecule has 1 unspecified atom stereocenters. The van der Waals surface area contributed by atoms with Crippen molar-refractivity contribution < 1.29 is 9.84 Å². The van der Waals surface area contributed by atoms with Crippen LogP contribution in [0.25, 0.3) is 27.8 Å². The molecule has 4 aromatic heterocycles. The van der Waals surface area contributed by atoms with Crippen molar-refractivity contribution in [3.05, 3.63) is 66.4 Å². The van der Waals surface area contributed by atoms with Crippen LogP contribution in [0.2, 0.25) is 25.7 Å². The highest BCUT2D eigenvalue weighted by Gasteiger charge is 2.18. The molecule has 0 amide bonds. The van der Waals surface area contributed by atoms with E-state index in [-0.39, 0.29) is 0 Å². The number of aliphatic hydroxyl groups is 1. The van der Waals surface area contributed by atoms with Crippen molar-refractivity contribution in [2.75, 3.05) is 6.61 Å². The summed E-state index contributed by atoms with van der Waals surface area (Å²) in [7, 11) is 0.753. The molecular weight excluding hydrogens is 446 g/mol. The number of fused-ring (bicyclic) bond motifs is 2. The topological polar surface area (TPSA) is 95.3 Å². The summed E-state index contributed by atoms with van der Waals surface area (Å²) in [4.78, 5) is 4.42. The Kier molecular flexibility index (Phi) is 5.80. The summed E-state index contributed by atoms with van der Waals surface area (Å²) < 4.78 is 11.0. The maximum Gasteiger partial charge on any atom is 0.153 e. The highest BCUT2D eigenvalue weighted by molar-refractivity contribution is 6.76. The van der Waals surface area contributed by atoms with Crippen LogP contribution < -0.4 is 0 Å². The molecule has 0 aliphatic rings. The van der Waals surface area contributed by atoms with E-state index < -0.39 is 14.2 Å². The molecule has 5 rings (SSSR count). The first-order valence-electron chi connectivity index (χ1n) is 11.3. The Morgan fingerprint density at radius 2 is 1.91 bits per heavy atom. The van der Waals surface area contributed by atoms with Crippen molar-refractivity contribution in [2.45, 2.75) is 38.5 Å². The van der Waals surface area contributed by atoms with Gasteiger partial charge in [0.25, 0.3) is 0 Å². The van der Waals surface area contributed by atoms with Crippen molar-refractivity contribution in [3.63, 3.8) is 0 Å². The lowest BCUT2D eigenvalue weighted by Crippen LogP contribution is -2.22. The van der Waals surface area contributed by atoms with Gasteiger partial charge in [0.1, 0.15) is 12.8 Å². The van der Waals surface area contributed by atoms with Gasteiger partial charge < -0.3 is 9.84 Å². The Hall–Kier alpha value is -3.34. The zero-order valence-electron chi connectivity index (χ0n) is 19.9. The fraction of sp³-hybridized carbons (Fsp3) is 0.333. The van der Waals surface area contributed by atoms with E-state index in [9.17, 15) is 5.11 Å². The lowest BCUT2D eigenvalue weighted by Gasteiger charge is -2.15. The van der Waals surface area contributed by atoms with Crippen LogP contribution in [0.1, 0.15) is 17.4 Å². The normalized spacial score (nSPS) is 13.2. The number of aryl methyl sites for hydroxylation is 1. The zero-order valence-corrected chi connectivity index (χ0v) is 20.9. The van der Waals surface area contributed by atoms with Gasteiger partial charge in [-0.15, -0.1) is 0 Å². The van der Waals surface area contributed by atoms with Gasteiger partial charge in [-0.3, -0.25) is 4.68 Å². The molecule has 0 saturated heterocycles. The van der Waals surface area contributed by atoms with E-state index in [4.69, 9.17) is 9.84 Å². The highest BCUT2D eigenvalue weighted by atomic mass is 28.3. The largest absolute Gasteiger partial charge is 0.382 e.